The molecule has 0 bridgehead atoms. The van der Waals surface area contributed by atoms with Crippen molar-refractivity contribution in [3.8, 4) is 0 Å². The molecule has 2 aromatic rings. The van der Waals surface area contributed by atoms with E-state index in [0.717, 1.165) is 50.5 Å². The molecule has 0 aromatic carbocycles. The minimum atomic E-state index is 0.380. The van der Waals surface area contributed by atoms with E-state index in [0.29, 0.717) is 6.04 Å². The van der Waals surface area contributed by atoms with Crippen LogP contribution in [0.2, 0.25) is 0 Å². The fourth-order valence-electron chi connectivity index (χ4n) is 2.42. The maximum Gasteiger partial charge on any atom is 0.150 e. The van der Waals surface area contributed by atoms with Crippen molar-refractivity contribution < 1.29 is 4.74 Å². The smallest absolute Gasteiger partial charge is 0.150 e. The van der Waals surface area contributed by atoms with Crippen molar-refractivity contribution >= 4 is 11.3 Å². The van der Waals surface area contributed by atoms with Crippen LogP contribution in [0.5, 0.6) is 0 Å². The second-order valence-corrected chi connectivity index (χ2v) is 5.67. The van der Waals surface area contributed by atoms with Gasteiger partial charge in [0.1, 0.15) is 5.82 Å². The van der Waals surface area contributed by atoms with Gasteiger partial charge in [0.15, 0.2) is 5.82 Å². The fraction of sp³-hybridized carbons (Fsp3) is 0.571. The first-order valence-electron chi connectivity index (χ1n) is 6.90. The van der Waals surface area contributed by atoms with Gasteiger partial charge in [-0.15, -0.1) is 0 Å². The number of hydrogen-bond acceptors (Lipinski definition) is 4. The molecule has 1 unspecified atom stereocenters. The quantitative estimate of drug-likeness (QED) is 0.843. The lowest BCUT2D eigenvalue weighted by atomic mass is 10.2. The molecule has 0 spiro atoms. The molecule has 0 aliphatic carbocycles. The van der Waals surface area contributed by atoms with E-state index in [4.69, 9.17) is 4.74 Å². The molecule has 1 aliphatic rings. The third kappa shape index (κ3) is 2.87. The third-order valence-electron chi connectivity index (χ3n) is 3.53. The molecule has 0 amide bonds. The van der Waals surface area contributed by atoms with Crippen LogP contribution in [-0.2, 0) is 24.0 Å². The van der Waals surface area contributed by atoms with E-state index >= 15 is 0 Å². The van der Waals surface area contributed by atoms with Gasteiger partial charge in [-0.2, -0.15) is 16.4 Å². The van der Waals surface area contributed by atoms with Gasteiger partial charge in [-0.25, -0.2) is 9.67 Å². The zero-order valence-electron chi connectivity index (χ0n) is 11.2. The third-order valence-corrected chi connectivity index (χ3v) is 4.26. The summed E-state index contributed by atoms with van der Waals surface area (Å²) in [5.41, 5.74) is 1.39. The molecule has 102 valence electrons. The molecule has 19 heavy (non-hydrogen) atoms. The van der Waals surface area contributed by atoms with Gasteiger partial charge >= 0.3 is 0 Å². The molecule has 0 radical (unpaired) electrons. The highest BCUT2D eigenvalue weighted by atomic mass is 32.1. The zero-order valence-corrected chi connectivity index (χ0v) is 12.0. The molecule has 3 heterocycles. The Bertz CT molecular complexity index is 515. The van der Waals surface area contributed by atoms with Gasteiger partial charge in [0, 0.05) is 19.4 Å². The largest absolute Gasteiger partial charge is 0.379 e. The van der Waals surface area contributed by atoms with Crippen molar-refractivity contribution in [2.75, 3.05) is 13.2 Å². The average molecular weight is 277 g/mol. The van der Waals surface area contributed by atoms with E-state index in [-0.39, 0.29) is 0 Å². The predicted molar refractivity (Wildman–Crippen MR) is 75.6 cm³/mol. The highest BCUT2D eigenvalue weighted by Crippen LogP contribution is 2.21. The maximum atomic E-state index is 5.47. The van der Waals surface area contributed by atoms with Crippen LogP contribution in [0.3, 0.4) is 0 Å². The summed E-state index contributed by atoms with van der Waals surface area (Å²) in [6.45, 7) is 3.72. The van der Waals surface area contributed by atoms with Crippen LogP contribution >= 0.6 is 11.3 Å². The van der Waals surface area contributed by atoms with Crippen LogP contribution in [0.25, 0.3) is 0 Å². The summed E-state index contributed by atoms with van der Waals surface area (Å²) in [6, 6.07) is 2.57. The normalized spacial score (nSPS) is 19.1. The molecule has 3 rings (SSSR count). The fourth-order valence-corrected chi connectivity index (χ4v) is 3.13. The van der Waals surface area contributed by atoms with Gasteiger partial charge in [-0.3, -0.25) is 0 Å². The standard InChI is InChI=1S/C14H19N3OS/c1-2-13-15-14(4-3-11-6-8-19-10-11)17(16-13)12-5-7-18-9-12/h6,8,10,12H,2-5,7,9H2,1H3. The Morgan fingerprint density at radius 2 is 2.42 bits per heavy atom. The van der Waals surface area contributed by atoms with Gasteiger partial charge in [-0.1, -0.05) is 6.92 Å². The van der Waals surface area contributed by atoms with Crippen LogP contribution < -0.4 is 0 Å². The highest BCUT2D eigenvalue weighted by molar-refractivity contribution is 7.07. The summed E-state index contributed by atoms with van der Waals surface area (Å²) in [7, 11) is 0. The Kier molecular flexibility index (Phi) is 3.94. The molecule has 1 saturated heterocycles. The van der Waals surface area contributed by atoms with Crippen LogP contribution in [-0.4, -0.2) is 28.0 Å². The first kappa shape index (κ1) is 12.8. The molecule has 0 N–H and O–H groups in total. The molecule has 1 atom stereocenters. The maximum absolute atomic E-state index is 5.47. The van der Waals surface area contributed by atoms with E-state index in [1.807, 2.05) is 0 Å². The molecule has 5 heteroatoms. The van der Waals surface area contributed by atoms with Crippen LogP contribution in [0.15, 0.2) is 16.8 Å². The molecule has 4 nitrogen and oxygen atoms in total. The SMILES string of the molecule is CCc1nc(CCc2ccsc2)n(C2CCOC2)n1. The van der Waals surface area contributed by atoms with Crippen molar-refractivity contribution in [2.45, 2.75) is 38.6 Å². The van der Waals surface area contributed by atoms with Gasteiger partial charge in [0.2, 0.25) is 0 Å². The van der Waals surface area contributed by atoms with Gasteiger partial charge in [0.25, 0.3) is 0 Å². The first-order chi connectivity index (χ1) is 9.36. The van der Waals surface area contributed by atoms with Crippen molar-refractivity contribution in [1.29, 1.82) is 0 Å². The number of aryl methyl sites for hydroxylation is 3. The molecular weight excluding hydrogens is 258 g/mol. The first-order valence-corrected chi connectivity index (χ1v) is 7.84. The minimum Gasteiger partial charge on any atom is -0.379 e. The number of nitrogens with zero attached hydrogens (tertiary/aromatic N) is 3. The number of rotatable bonds is 5. The Morgan fingerprint density at radius 3 is 3.11 bits per heavy atom. The van der Waals surface area contributed by atoms with Gasteiger partial charge in [-0.05, 0) is 35.2 Å². The second kappa shape index (κ2) is 5.84. The lowest BCUT2D eigenvalue weighted by Gasteiger charge is -2.11. The molecule has 1 fully saturated rings. The van der Waals surface area contributed by atoms with E-state index in [1.165, 1.54) is 5.56 Å². The summed E-state index contributed by atoms with van der Waals surface area (Å²) < 4.78 is 7.58. The highest BCUT2D eigenvalue weighted by Gasteiger charge is 2.22. The van der Waals surface area contributed by atoms with Crippen LogP contribution in [0.4, 0.5) is 0 Å². The summed E-state index contributed by atoms with van der Waals surface area (Å²) in [5.74, 6) is 2.06. The number of thiophene rings is 1. The lowest BCUT2D eigenvalue weighted by molar-refractivity contribution is 0.183. The zero-order chi connectivity index (χ0) is 13.1. The van der Waals surface area contributed by atoms with Crippen molar-refractivity contribution in [1.82, 2.24) is 14.8 Å². The van der Waals surface area contributed by atoms with E-state index in [9.17, 15) is 0 Å². The predicted octanol–water partition coefficient (Wildman–Crippen LogP) is 2.65. The van der Waals surface area contributed by atoms with E-state index in [2.05, 4.69) is 38.5 Å². The topological polar surface area (TPSA) is 39.9 Å². The van der Waals surface area contributed by atoms with Crippen molar-refractivity contribution in [3.63, 3.8) is 0 Å². The summed E-state index contributed by atoms with van der Waals surface area (Å²) >= 11 is 1.75. The van der Waals surface area contributed by atoms with E-state index in [1.54, 1.807) is 11.3 Å². The summed E-state index contributed by atoms with van der Waals surface area (Å²) in [5, 5.41) is 8.97. The average Bonchev–Trinajstić information content (AvgIpc) is 3.16. The molecule has 1 aliphatic heterocycles. The van der Waals surface area contributed by atoms with E-state index < -0.39 is 0 Å². The monoisotopic (exact) mass is 277 g/mol. The van der Waals surface area contributed by atoms with Crippen molar-refractivity contribution in [3.05, 3.63) is 34.0 Å². The number of ether oxygens (including phenoxy) is 1. The number of aromatic nitrogens is 3. The number of hydrogen-bond donors (Lipinski definition) is 0. The molecule has 0 saturated carbocycles. The molecular formula is C14H19N3OS. The minimum absolute atomic E-state index is 0.380. The summed E-state index contributed by atoms with van der Waals surface area (Å²) in [4.78, 5) is 4.67. The van der Waals surface area contributed by atoms with Crippen LogP contribution in [0, 0.1) is 0 Å². The van der Waals surface area contributed by atoms with Crippen LogP contribution in [0.1, 0.15) is 36.6 Å². The Balaban J connectivity index is 1.76. The molecule has 2 aromatic heterocycles. The van der Waals surface area contributed by atoms with Gasteiger partial charge in [0.05, 0.1) is 12.6 Å². The lowest BCUT2D eigenvalue weighted by Crippen LogP contribution is -2.14. The van der Waals surface area contributed by atoms with Gasteiger partial charge < -0.3 is 4.74 Å². The Labute approximate surface area is 117 Å². The second-order valence-electron chi connectivity index (χ2n) is 4.89. The Morgan fingerprint density at radius 1 is 1.47 bits per heavy atom. The Hall–Kier alpha value is -1.20. The van der Waals surface area contributed by atoms with Crippen molar-refractivity contribution in [2.24, 2.45) is 0 Å². The summed E-state index contributed by atoms with van der Waals surface area (Å²) in [6.07, 6.45) is 3.95.